The summed E-state index contributed by atoms with van der Waals surface area (Å²) in [4.78, 5) is 45.4. The van der Waals surface area contributed by atoms with E-state index in [4.69, 9.17) is 22.3 Å². The molecule has 0 aliphatic rings. The van der Waals surface area contributed by atoms with Crippen molar-refractivity contribution in [1.82, 2.24) is 20.6 Å². The molecule has 12 heteroatoms. The lowest BCUT2D eigenvalue weighted by molar-refractivity contribution is -0.138. The summed E-state index contributed by atoms with van der Waals surface area (Å²) < 4.78 is 0. The van der Waals surface area contributed by atoms with E-state index in [1.54, 1.807) is 0 Å². The normalized spacial score (nSPS) is 12.7. The Morgan fingerprint density at radius 1 is 1.31 bits per heavy atom. The van der Waals surface area contributed by atoms with E-state index in [0.29, 0.717) is 25.1 Å². The first-order chi connectivity index (χ1) is 12.3. The van der Waals surface area contributed by atoms with Gasteiger partial charge in [0.25, 0.3) is 0 Å². The first kappa shape index (κ1) is 20.9. The van der Waals surface area contributed by atoms with Crippen LogP contribution in [0.3, 0.4) is 0 Å². The number of nitrogens with two attached hydrogens (primary N) is 3. The van der Waals surface area contributed by atoms with Crippen LogP contribution in [0.1, 0.15) is 18.5 Å². The molecular weight excluding hydrogens is 344 g/mol. The lowest BCUT2D eigenvalue weighted by atomic mass is 10.1. The van der Waals surface area contributed by atoms with Crippen LogP contribution in [0, 0.1) is 0 Å². The quantitative estimate of drug-likeness (QED) is 0.121. The molecule has 1 aromatic heterocycles. The van der Waals surface area contributed by atoms with Gasteiger partial charge in [-0.1, -0.05) is 0 Å². The Morgan fingerprint density at radius 2 is 2.04 bits per heavy atom. The first-order valence-electron chi connectivity index (χ1n) is 7.87. The van der Waals surface area contributed by atoms with E-state index in [1.165, 1.54) is 12.5 Å². The Balaban J connectivity index is 2.61. The number of guanidine groups is 1. The maximum absolute atomic E-state index is 12.2. The van der Waals surface area contributed by atoms with Gasteiger partial charge in [-0.2, -0.15) is 0 Å². The van der Waals surface area contributed by atoms with Crippen LogP contribution in [0.2, 0.25) is 0 Å². The third kappa shape index (κ3) is 8.10. The van der Waals surface area contributed by atoms with E-state index >= 15 is 0 Å². The summed E-state index contributed by atoms with van der Waals surface area (Å²) in [6, 6.07) is -1.85. The van der Waals surface area contributed by atoms with Crippen LogP contribution >= 0.6 is 0 Å². The zero-order chi connectivity index (χ0) is 19.5. The minimum absolute atomic E-state index is 0.0438. The van der Waals surface area contributed by atoms with Crippen molar-refractivity contribution in [3.05, 3.63) is 18.2 Å². The molecule has 144 valence electrons. The number of aromatic nitrogens is 2. The predicted molar refractivity (Wildman–Crippen MR) is 92.8 cm³/mol. The predicted octanol–water partition coefficient (Wildman–Crippen LogP) is -2.98. The smallest absolute Gasteiger partial charge is 0.322 e. The van der Waals surface area contributed by atoms with Crippen LogP contribution in [0.4, 0.5) is 0 Å². The van der Waals surface area contributed by atoms with Gasteiger partial charge in [0.1, 0.15) is 12.6 Å². The van der Waals surface area contributed by atoms with Crippen molar-refractivity contribution in [2.45, 2.75) is 31.3 Å². The number of nitrogens with one attached hydrogen (secondary N) is 3. The second-order valence-electron chi connectivity index (χ2n) is 5.51. The summed E-state index contributed by atoms with van der Waals surface area (Å²) in [5.41, 5.74) is 16.8. The highest BCUT2D eigenvalue weighted by Crippen LogP contribution is 2.01. The zero-order valence-electron chi connectivity index (χ0n) is 14.1. The fourth-order valence-corrected chi connectivity index (χ4v) is 2.04. The molecule has 1 heterocycles. The number of imidazole rings is 1. The monoisotopic (exact) mass is 368 g/mol. The first-order valence-corrected chi connectivity index (χ1v) is 7.87. The number of aromatic amines is 1. The zero-order valence-corrected chi connectivity index (χ0v) is 14.1. The molecule has 0 unspecified atom stereocenters. The molecule has 26 heavy (non-hydrogen) atoms. The summed E-state index contributed by atoms with van der Waals surface area (Å²) in [7, 11) is 0. The number of aliphatic imine (C=N–C) groups is 1. The van der Waals surface area contributed by atoms with Gasteiger partial charge in [-0.15, -0.1) is 0 Å². The van der Waals surface area contributed by atoms with Crippen LogP contribution in [0.5, 0.6) is 0 Å². The van der Waals surface area contributed by atoms with Crippen LogP contribution < -0.4 is 27.8 Å². The van der Waals surface area contributed by atoms with Gasteiger partial charge in [0, 0.05) is 24.9 Å². The standard InChI is InChI=1S/C14H24N8O4/c15-9(2-1-3-19-14(16)17)12(25)22-10(4-8-5-18-7-21-8)13(26)20-6-11(23)24/h5,7,9-10H,1-4,6,15H2,(H,18,21)(H,20,26)(H,22,25)(H,23,24)(H4,16,17,19)/t9-,10-/m0/s1. The minimum Gasteiger partial charge on any atom is -0.480 e. The number of rotatable bonds is 11. The molecule has 0 aliphatic heterocycles. The molecule has 0 bridgehead atoms. The molecule has 0 spiro atoms. The Kier molecular flexibility index (Phi) is 8.57. The Morgan fingerprint density at radius 3 is 2.62 bits per heavy atom. The Labute approximate surface area is 149 Å². The Bertz CT molecular complexity index is 627. The number of carbonyl (C=O) groups is 3. The van der Waals surface area contributed by atoms with Gasteiger partial charge in [0.2, 0.25) is 11.8 Å². The number of carboxylic acid groups (broad SMARTS) is 1. The summed E-state index contributed by atoms with van der Waals surface area (Å²) in [6.07, 6.45) is 3.84. The van der Waals surface area contributed by atoms with E-state index in [2.05, 4.69) is 25.6 Å². The van der Waals surface area contributed by atoms with Crippen molar-refractivity contribution in [2.24, 2.45) is 22.2 Å². The van der Waals surface area contributed by atoms with E-state index < -0.39 is 36.4 Å². The number of amides is 2. The fraction of sp³-hybridized carbons (Fsp3) is 0.500. The molecule has 0 saturated heterocycles. The molecule has 10 N–H and O–H groups in total. The minimum atomic E-state index is -1.19. The molecule has 1 aromatic rings. The second kappa shape index (κ2) is 10.7. The van der Waals surface area contributed by atoms with Crippen LogP contribution in [0.25, 0.3) is 0 Å². The summed E-state index contributed by atoms with van der Waals surface area (Å²) in [5, 5.41) is 13.4. The number of hydrogen-bond acceptors (Lipinski definition) is 6. The molecule has 1 rings (SSSR count). The van der Waals surface area contributed by atoms with Gasteiger partial charge in [-0.3, -0.25) is 19.4 Å². The highest BCUT2D eigenvalue weighted by atomic mass is 16.4. The summed E-state index contributed by atoms with van der Waals surface area (Å²) >= 11 is 0. The van der Waals surface area contributed by atoms with Gasteiger partial charge in [-0.05, 0) is 12.8 Å². The number of carboxylic acids is 1. The van der Waals surface area contributed by atoms with E-state index in [9.17, 15) is 14.4 Å². The maximum atomic E-state index is 12.2. The van der Waals surface area contributed by atoms with Gasteiger partial charge in [0.05, 0.1) is 12.4 Å². The number of aliphatic carboxylic acids is 1. The van der Waals surface area contributed by atoms with E-state index in [0.717, 1.165) is 0 Å². The van der Waals surface area contributed by atoms with Gasteiger partial charge in [-0.25, -0.2) is 4.98 Å². The fourth-order valence-electron chi connectivity index (χ4n) is 2.04. The molecular formula is C14H24N8O4. The van der Waals surface area contributed by atoms with Crippen molar-refractivity contribution in [2.75, 3.05) is 13.1 Å². The van der Waals surface area contributed by atoms with Gasteiger partial charge < -0.3 is 37.9 Å². The molecule has 2 amide bonds. The van der Waals surface area contributed by atoms with Crippen molar-refractivity contribution < 1.29 is 19.5 Å². The van der Waals surface area contributed by atoms with E-state index in [-0.39, 0.29) is 12.4 Å². The van der Waals surface area contributed by atoms with Crippen molar-refractivity contribution >= 4 is 23.7 Å². The maximum Gasteiger partial charge on any atom is 0.322 e. The largest absolute Gasteiger partial charge is 0.480 e. The molecule has 0 aromatic carbocycles. The lowest BCUT2D eigenvalue weighted by Crippen LogP contribution is -2.53. The highest BCUT2D eigenvalue weighted by Gasteiger charge is 2.24. The van der Waals surface area contributed by atoms with Gasteiger partial charge >= 0.3 is 5.97 Å². The third-order valence-electron chi connectivity index (χ3n) is 3.33. The van der Waals surface area contributed by atoms with Crippen LogP contribution in [0.15, 0.2) is 17.5 Å². The number of nitrogens with zero attached hydrogens (tertiary/aromatic N) is 2. The highest BCUT2D eigenvalue weighted by molar-refractivity contribution is 5.91. The molecule has 2 atom stereocenters. The van der Waals surface area contributed by atoms with Gasteiger partial charge in [0.15, 0.2) is 5.96 Å². The van der Waals surface area contributed by atoms with Crippen molar-refractivity contribution in [3.8, 4) is 0 Å². The molecule has 0 aliphatic carbocycles. The SMILES string of the molecule is NC(N)=NCCC[C@H](N)C(=O)N[C@@H](Cc1cnc[nH]1)C(=O)NCC(=O)O. The van der Waals surface area contributed by atoms with Crippen molar-refractivity contribution in [1.29, 1.82) is 0 Å². The average Bonchev–Trinajstić information content (AvgIpc) is 3.08. The topological polar surface area (TPSA) is 215 Å². The molecule has 12 nitrogen and oxygen atoms in total. The third-order valence-corrected chi connectivity index (χ3v) is 3.33. The van der Waals surface area contributed by atoms with Crippen LogP contribution in [-0.2, 0) is 20.8 Å². The average molecular weight is 368 g/mol. The van der Waals surface area contributed by atoms with Crippen molar-refractivity contribution in [3.63, 3.8) is 0 Å². The number of H-pyrrole nitrogens is 1. The summed E-state index contributed by atoms with van der Waals surface area (Å²) in [6.45, 7) is -0.223. The number of hydrogen-bond donors (Lipinski definition) is 7. The van der Waals surface area contributed by atoms with Crippen LogP contribution in [-0.4, -0.2) is 64.0 Å². The summed E-state index contributed by atoms with van der Waals surface area (Å²) in [5.74, 6) is -2.41. The van der Waals surface area contributed by atoms with E-state index in [1.807, 2.05) is 0 Å². The lowest BCUT2D eigenvalue weighted by Gasteiger charge is -2.20. The molecule has 0 fully saturated rings. The second-order valence-corrected chi connectivity index (χ2v) is 5.51. The number of carbonyl (C=O) groups excluding carboxylic acids is 2. The molecule has 0 radical (unpaired) electrons. The molecule has 0 saturated carbocycles. The Hall–Kier alpha value is -3.15.